The molecule has 0 bridgehead atoms. The summed E-state index contributed by atoms with van der Waals surface area (Å²) in [7, 11) is 0. The normalized spacial score (nSPS) is 17.6. The fraction of sp³-hybridized carbons (Fsp3) is 0.333. The monoisotopic (exact) mass is 336 g/mol. The molecular weight excluding hydrogens is 317 g/mol. The van der Waals surface area contributed by atoms with E-state index in [-0.39, 0.29) is 18.2 Å². The van der Waals surface area contributed by atoms with Crippen LogP contribution >= 0.6 is 0 Å². The number of benzene rings is 1. The average Bonchev–Trinajstić information content (AvgIpc) is 2.89. The Morgan fingerprint density at radius 1 is 1.33 bits per heavy atom. The number of allylic oxidation sites excluding steroid dienone is 1. The predicted octanol–water partition coefficient (Wildman–Crippen LogP) is 3.97. The van der Waals surface area contributed by atoms with Gasteiger partial charge in [0.15, 0.2) is 17.5 Å². The first-order chi connectivity index (χ1) is 11.3. The standard InChI is InChI=1S/C18H19F3N2O/c1-11(2)12(4-5-22-3)9-23-10-14(8-17(23)24)13-6-15(19)18(21)16(20)7-13/h4-7,14H,3,8-10H2,1-2H3/b5-4-. The van der Waals surface area contributed by atoms with Crippen LogP contribution in [0.25, 0.3) is 0 Å². The number of aliphatic imine (C=N–C) groups is 1. The van der Waals surface area contributed by atoms with E-state index < -0.39 is 17.5 Å². The Bertz CT molecular complexity index is 698. The van der Waals surface area contributed by atoms with Gasteiger partial charge in [-0.1, -0.05) is 5.57 Å². The molecule has 1 aliphatic rings. The highest BCUT2D eigenvalue weighted by Crippen LogP contribution is 2.30. The van der Waals surface area contributed by atoms with E-state index >= 15 is 0 Å². The number of carbonyl (C=O) groups is 1. The number of rotatable bonds is 5. The summed E-state index contributed by atoms with van der Waals surface area (Å²) in [6.07, 6.45) is 3.47. The molecular formula is C18H19F3N2O. The largest absolute Gasteiger partial charge is 0.338 e. The molecule has 1 aliphatic heterocycles. The van der Waals surface area contributed by atoms with Crippen LogP contribution in [-0.4, -0.2) is 30.6 Å². The molecule has 1 aromatic carbocycles. The lowest BCUT2D eigenvalue weighted by atomic mass is 9.98. The van der Waals surface area contributed by atoms with Crippen molar-refractivity contribution in [3.63, 3.8) is 0 Å². The van der Waals surface area contributed by atoms with Gasteiger partial charge in [0.05, 0.1) is 0 Å². The van der Waals surface area contributed by atoms with Crippen molar-refractivity contribution in [1.29, 1.82) is 0 Å². The molecule has 1 aromatic rings. The highest BCUT2D eigenvalue weighted by molar-refractivity contribution is 5.80. The molecule has 0 radical (unpaired) electrons. The number of carbonyl (C=O) groups excluding carboxylic acids is 1. The fourth-order valence-electron chi connectivity index (χ4n) is 2.68. The van der Waals surface area contributed by atoms with Crippen LogP contribution in [0.4, 0.5) is 13.2 Å². The lowest BCUT2D eigenvalue weighted by molar-refractivity contribution is -0.127. The molecule has 0 aromatic heterocycles. The number of likely N-dealkylation sites (tertiary alicyclic amines) is 1. The van der Waals surface area contributed by atoms with Crippen LogP contribution in [0.3, 0.4) is 0 Å². The third-order valence-corrected chi connectivity index (χ3v) is 4.08. The molecule has 1 fully saturated rings. The molecule has 1 amide bonds. The van der Waals surface area contributed by atoms with E-state index in [9.17, 15) is 18.0 Å². The number of halogens is 3. The van der Waals surface area contributed by atoms with Gasteiger partial charge in [0.1, 0.15) is 0 Å². The van der Waals surface area contributed by atoms with Crippen molar-refractivity contribution in [2.45, 2.75) is 26.2 Å². The number of hydrogen-bond donors (Lipinski definition) is 0. The molecule has 0 N–H and O–H groups in total. The highest BCUT2D eigenvalue weighted by Gasteiger charge is 2.31. The second-order valence-electron chi connectivity index (χ2n) is 6.00. The van der Waals surface area contributed by atoms with Gasteiger partial charge in [-0.2, -0.15) is 0 Å². The van der Waals surface area contributed by atoms with Gasteiger partial charge in [-0.05, 0) is 49.9 Å². The van der Waals surface area contributed by atoms with Crippen molar-refractivity contribution >= 4 is 12.6 Å². The van der Waals surface area contributed by atoms with Crippen molar-refractivity contribution in [3.05, 3.63) is 58.6 Å². The molecule has 0 saturated carbocycles. The van der Waals surface area contributed by atoms with E-state index in [1.165, 1.54) is 0 Å². The molecule has 1 atom stereocenters. The molecule has 6 heteroatoms. The van der Waals surface area contributed by atoms with Crippen molar-refractivity contribution in [2.75, 3.05) is 13.1 Å². The number of hydrogen-bond acceptors (Lipinski definition) is 2. The first kappa shape index (κ1) is 18.0. The lowest BCUT2D eigenvalue weighted by Crippen LogP contribution is -2.27. The van der Waals surface area contributed by atoms with Gasteiger partial charge in [0, 0.05) is 31.6 Å². The summed E-state index contributed by atoms with van der Waals surface area (Å²) in [5.41, 5.74) is 2.25. The zero-order chi connectivity index (χ0) is 17.9. The second-order valence-corrected chi connectivity index (χ2v) is 6.00. The Balaban J connectivity index is 2.18. The Morgan fingerprint density at radius 3 is 2.50 bits per heavy atom. The van der Waals surface area contributed by atoms with Crippen molar-refractivity contribution in [3.8, 4) is 0 Å². The average molecular weight is 336 g/mol. The van der Waals surface area contributed by atoms with Crippen LogP contribution in [0, 0.1) is 17.5 Å². The maximum absolute atomic E-state index is 13.4. The minimum atomic E-state index is -1.49. The van der Waals surface area contributed by atoms with Crippen LogP contribution in [0.1, 0.15) is 31.7 Å². The van der Waals surface area contributed by atoms with Gasteiger partial charge in [-0.25, -0.2) is 13.2 Å². The van der Waals surface area contributed by atoms with Gasteiger partial charge < -0.3 is 4.90 Å². The van der Waals surface area contributed by atoms with Gasteiger partial charge in [-0.3, -0.25) is 9.79 Å². The highest BCUT2D eigenvalue weighted by atomic mass is 19.2. The Hall–Kier alpha value is -2.37. The number of amides is 1. The van der Waals surface area contributed by atoms with Crippen LogP contribution in [-0.2, 0) is 4.79 Å². The van der Waals surface area contributed by atoms with E-state index in [0.29, 0.717) is 18.7 Å². The summed E-state index contributed by atoms with van der Waals surface area (Å²) in [4.78, 5) is 17.5. The van der Waals surface area contributed by atoms with Crippen molar-refractivity contribution in [2.24, 2.45) is 4.99 Å². The van der Waals surface area contributed by atoms with E-state index in [2.05, 4.69) is 11.7 Å². The quantitative estimate of drug-likeness (QED) is 0.455. The van der Waals surface area contributed by atoms with Crippen LogP contribution in [0.15, 0.2) is 40.5 Å². The lowest BCUT2D eigenvalue weighted by Gasteiger charge is -2.18. The van der Waals surface area contributed by atoms with Gasteiger partial charge in [0.2, 0.25) is 5.91 Å². The summed E-state index contributed by atoms with van der Waals surface area (Å²) in [6, 6.07) is 1.92. The first-order valence-corrected chi connectivity index (χ1v) is 7.54. The zero-order valence-electron chi connectivity index (χ0n) is 13.7. The van der Waals surface area contributed by atoms with Gasteiger partial charge >= 0.3 is 0 Å². The molecule has 0 spiro atoms. The van der Waals surface area contributed by atoms with E-state index in [0.717, 1.165) is 23.3 Å². The summed E-state index contributed by atoms with van der Waals surface area (Å²) in [5, 5.41) is 0. The van der Waals surface area contributed by atoms with Gasteiger partial charge in [0.25, 0.3) is 0 Å². The Morgan fingerprint density at radius 2 is 1.96 bits per heavy atom. The van der Waals surface area contributed by atoms with Gasteiger partial charge in [-0.15, -0.1) is 0 Å². The summed E-state index contributed by atoms with van der Waals surface area (Å²) in [6.45, 7) is 7.93. The predicted molar refractivity (Wildman–Crippen MR) is 87.3 cm³/mol. The minimum absolute atomic E-state index is 0.108. The second kappa shape index (κ2) is 7.47. The maximum atomic E-state index is 13.4. The summed E-state index contributed by atoms with van der Waals surface area (Å²) in [5.74, 6) is -4.43. The minimum Gasteiger partial charge on any atom is -0.338 e. The summed E-state index contributed by atoms with van der Waals surface area (Å²) >= 11 is 0. The fourth-order valence-corrected chi connectivity index (χ4v) is 2.68. The van der Waals surface area contributed by atoms with Crippen LogP contribution in [0.2, 0.25) is 0 Å². The smallest absolute Gasteiger partial charge is 0.223 e. The van der Waals surface area contributed by atoms with E-state index in [4.69, 9.17) is 0 Å². The molecule has 1 heterocycles. The Kier molecular flexibility index (Phi) is 5.59. The van der Waals surface area contributed by atoms with Crippen LogP contribution < -0.4 is 0 Å². The molecule has 128 valence electrons. The molecule has 1 saturated heterocycles. The maximum Gasteiger partial charge on any atom is 0.223 e. The molecule has 0 aliphatic carbocycles. The van der Waals surface area contributed by atoms with E-state index in [1.54, 1.807) is 17.2 Å². The zero-order valence-corrected chi connectivity index (χ0v) is 13.7. The Labute approximate surface area is 139 Å². The molecule has 24 heavy (non-hydrogen) atoms. The van der Waals surface area contributed by atoms with Crippen molar-refractivity contribution in [1.82, 2.24) is 4.90 Å². The molecule has 1 unspecified atom stereocenters. The van der Waals surface area contributed by atoms with E-state index in [1.807, 2.05) is 13.8 Å². The summed E-state index contributed by atoms with van der Waals surface area (Å²) < 4.78 is 39.9. The molecule has 2 rings (SSSR count). The first-order valence-electron chi connectivity index (χ1n) is 7.54. The van der Waals surface area contributed by atoms with Crippen molar-refractivity contribution < 1.29 is 18.0 Å². The third kappa shape index (κ3) is 3.93. The SMILES string of the molecule is C=N/C=C\C(CN1CC(c2cc(F)c(F)c(F)c2)CC1=O)=C(C)C. The molecule has 3 nitrogen and oxygen atoms in total. The number of nitrogens with zero attached hydrogens (tertiary/aromatic N) is 2. The topological polar surface area (TPSA) is 32.7 Å². The van der Waals surface area contributed by atoms with Crippen LogP contribution in [0.5, 0.6) is 0 Å². The third-order valence-electron chi connectivity index (χ3n) is 4.08.